The van der Waals surface area contributed by atoms with Crippen molar-refractivity contribution in [1.29, 1.82) is 0 Å². The lowest BCUT2D eigenvalue weighted by Gasteiger charge is -2.16. The van der Waals surface area contributed by atoms with E-state index >= 15 is 0 Å². The topological polar surface area (TPSA) is 23.5 Å². The molecule has 0 saturated heterocycles. The molecule has 1 aliphatic carbocycles. The molecule has 0 aromatic heterocycles. The molecule has 1 aromatic rings. The van der Waals surface area contributed by atoms with Crippen LogP contribution >= 0.6 is 0 Å². The van der Waals surface area contributed by atoms with Gasteiger partial charge in [-0.15, -0.1) is 0 Å². The summed E-state index contributed by atoms with van der Waals surface area (Å²) in [6.45, 7) is 0.869. The van der Waals surface area contributed by atoms with Crippen LogP contribution in [0.3, 0.4) is 0 Å². The Morgan fingerprint density at radius 3 is 2.53 bits per heavy atom. The van der Waals surface area contributed by atoms with Crippen LogP contribution in [-0.4, -0.2) is 36.8 Å². The Hall–Kier alpha value is -1.12. The second kappa shape index (κ2) is 5.48. The lowest BCUT2D eigenvalue weighted by Crippen LogP contribution is -2.16. The Balaban J connectivity index is 2.20. The second-order valence-corrected chi connectivity index (χ2v) is 5.07. The fourth-order valence-corrected chi connectivity index (χ4v) is 1.99. The predicted octanol–water partition coefficient (Wildman–Crippen LogP) is 2.40. The van der Waals surface area contributed by atoms with E-state index in [4.69, 9.17) is 0 Å². The highest BCUT2D eigenvalue weighted by atomic mass is 16.3. The third kappa shape index (κ3) is 3.42. The van der Waals surface area contributed by atoms with Crippen LogP contribution in [0.15, 0.2) is 36.4 Å². The van der Waals surface area contributed by atoms with Crippen molar-refractivity contribution in [3.05, 3.63) is 42.0 Å². The summed E-state index contributed by atoms with van der Waals surface area (Å²) in [5.74, 6) is 0.476. The second-order valence-electron chi connectivity index (χ2n) is 5.07. The molecule has 0 spiro atoms. The zero-order valence-electron chi connectivity index (χ0n) is 10.6. The molecule has 0 amide bonds. The van der Waals surface area contributed by atoms with Crippen LogP contribution in [0, 0.1) is 5.92 Å². The first-order chi connectivity index (χ1) is 8.18. The molecule has 1 fully saturated rings. The maximum absolute atomic E-state index is 10.3. The monoisotopic (exact) mass is 231 g/mol. The molecule has 0 radical (unpaired) electrons. The first-order valence-corrected chi connectivity index (χ1v) is 6.26. The van der Waals surface area contributed by atoms with Crippen LogP contribution in [0.5, 0.6) is 0 Å². The highest BCUT2D eigenvalue weighted by molar-refractivity contribution is 5.69. The smallest absolute Gasteiger partial charge is 0.0821 e. The molecule has 1 unspecified atom stereocenters. The van der Waals surface area contributed by atoms with Gasteiger partial charge in [0, 0.05) is 6.54 Å². The number of rotatable bonds is 5. The van der Waals surface area contributed by atoms with E-state index in [1.807, 2.05) is 32.3 Å². The van der Waals surface area contributed by atoms with E-state index in [9.17, 15) is 5.11 Å². The quantitative estimate of drug-likeness (QED) is 0.841. The van der Waals surface area contributed by atoms with Crippen molar-refractivity contribution in [1.82, 2.24) is 4.90 Å². The summed E-state index contributed by atoms with van der Waals surface area (Å²) in [5.41, 5.74) is 2.23. The molecule has 17 heavy (non-hydrogen) atoms. The van der Waals surface area contributed by atoms with Gasteiger partial charge in [-0.05, 0) is 44.0 Å². The Morgan fingerprint density at radius 2 is 2.00 bits per heavy atom. The molecule has 1 aliphatic rings. The third-order valence-electron chi connectivity index (χ3n) is 3.17. The fourth-order valence-electron chi connectivity index (χ4n) is 1.99. The SMILES string of the molecule is CN(C)CC=C(c1ccccc1)C(O)C1CC1. The molecular weight excluding hydrogens is 210 g/mol. The largest absolute Gasteiger partial charge is 0.388 e. The highest BCUT2D eigenvalue weighted by Gasteiger charge is 2.32. The molecular formula is C15H21NO. The van der Waals surface area contributed by atoms with Gasteiger partial charge in [-0.2, -0.15) is 0 Å². The van der Waals surface area contributed by atoms with E-state index in [0.29, 0.717) is 5.92 Å². The first kappa shape index (κ1) is 12.3. The van der Waals surface area contributed by atoms with Crippen molar-refractivity contribution in [2.24, 2.45) is 5.92 Å². The van der Waals surface area contributed by atoms with Crippen LogP contribution < -0.4 is 0 Å². The van der Waals surface area contributed by atoms with Gasteiger partial charge in [-0.3, -0.25) is 0 Å². The average molecular weight is 231 g/mol. The van der Waals surface area contributed by atoms with E-state index in [-0.39, 0.29) is 6.10 Å². The van der Waals surface area contributed by atoms with Crippen LogP contribution in [0.4, 0.5) is 0 Å². The summed E-state index contributed by atoms with van der Waals surface area (Å²) in [7, 11) is 4.09. The Bertz CT molecular complexity index is 379. The average Bonchev–Trinajstić information content (AvgIpc) is 3.14. The van der Waals surface area contributed by atoms with E-state index in [2.05, 4.69) is 23.1 Å². The number of benzene rings is 1. The van der Waals surface area contributed by atoms with Gasteiger partial charge < -0.3 is 10.0 Å². The van der Waals surface area contributed by atoms with Crippen molar-refractivity contribution in [2.45, 2.75) is 18.9 Å². The minimum atomic E-state index is -0.294. The fraction of sp³-hybridized carbons (Fsp3) is 0.467. The van der Waals surface area contributed by atoms with Crippen molar-refractivity contribution in [2.75, 3.05) is 20.6 Å². The first-order valence-electron chi connectivity index (χ1n) is 6.26. The van der Waals surface area contributed by atoms with Gasteiger partial charge in [0.15, 0.2) is 0 Å². The van der Waals surface area contributed by atoms with Crippen molar-refractivity contribution in [3.63, 3.8) is 0 Å². The van der Waals surface area contributed by atoms with Crippen LogP contribution in [-0.2, 0) is 0 Å². The van der Waals surface area contributed by atoms with Gasteiger partial charge in [-0.25, -0.2) is 0 Å². The minimum absolute atomic E-state index is 0.294. The van der Waals surface area contributed by atoms with Crippen molar-refractivity contribution < 1.29 is 5.11 Å². The van der Waals surface area contributed by atoms with E-state index in [1.165, 1.54) is 0 Å². The third-order valence-corrected chi connectivity index (χ3v) is 3.17. The Morgan fingerprint density at radius 1 is 1.35 bits per heavy atom. The number of likely N-dealkylation sites (N-methyl/N-ethyl adjacent to an activating group) is 1. The number of hydrogen-bond acceptors (Lipinski definition) is 2. The van der Waals surface area contributed by atoms with Crippen LogP contribution in [0.25, 0.3) is 5.57 Å². The summed E-state index contributed by atoms with van der Waals surface area (Å²) in [5, 5.41) is 10.3. The van der Waals surface area contributed by atoms with Gasteiger partial charge >= 0.3 is 0 Å². The van der Waals surface area contributed by atoms with Crippen LogP contribution in [0.2, 0.25) is 0 Å². The number of aliphatic hydroxyl groups is 1. The number of hydrogen-bond donors (Lipinski definition) is 1. The summed E-state index contributed by atoms with van der Waals surface area (Å²) in [4.78, 5) is 2.11. The summed E-state index contributed by atoms with van der Waals surface area (Å²) >= 11 is 0. The summed E-state index contributed by atoms with van der Waals surface area (Å²) in [6.07, 6.45) is 4.18. The predicted molar refractivity (Wildman–Crippen MR) is 71.7 cm³/mol. The van der Waals surface area contributed by atoms with E-state index < -0.39 is 0 Å². The lowest BCUT2D eigenvalue weighted by molar-refractivity contribution is 0.208. The van der Waals surface area contributed by atoms with Crippen molar-refractivity contribution in [3.8, 4) is 0 Å². The molecule has 1 aromatic carbocycles. The molecule has 2 rings (SSSR count). The van der Waals surface area contributed by atoms with Crippen LogP contribution in [0.1, 0.15) is 18.4 Å². The maximum atomic E-state index is 10.3. The minimum Gasteiger partial charge on any atom is -0.388 e. The van der Waals surface area contributed by atoms with Crippen molar-refractivity contribution >= 4 is 5.57 Å². The molecule has 0 heterocycles. The zero-order chi connectivity index (χ0) is 12.3. The lowest BCUT2D eigenvalue weighted by atomic mass is 9.97. The van der Waals surface area contributed by atoms with Gasteiger partial charge in [0.05, 0.1) is 6.10 Å². The molecule has 0 bridgehead atoms. The van der Waals surface area contributed by atoms with Gasteiger partial charge in [0.25, 0.3) is 0 Å². The highest BCUT2D eigenvalue weighted by Crippen LogP contribution is 2.38. The molecule has 0 aliphatic heterocycles. The molecule has 1 N–H and O–H groups in total. The molecule has 92 valence electrons. The van der Waals surface area contributed by atoms with E-state index in [1.54, 1.807) is 0 Å². The van der Waals surface area contributed by atoms with Gasteiger partial charge in [0.2, 0.25) is 0 Å². The van der Waals surface area contributed by atoms with Gasteiger partial charge in [0.1, 0.15) is 0 Å². The molecule has 1 saturated carbocycles. The normalized spacial score (nSPS) is 18.5. The summed E-state index contributed by atoms with van der Waals surface area (Å²) < 4.78 is 0. The van der Waals surface area contributed by atoms with Gasteiger partial charge in [-0.1, -0.05) is 36.4 Å². The van der Waals surface area contributed by atoms with E-state index in [0.717, 1.165) is 30.5 Å². The Labute approximate surface area is 104 Å². The summed E-state index contributed by atoms with van der Waals surface area (Å²) in [6, 6.07) is 10.2. The molecule has 2 heteroatoms. The molecule has 2 nitrogen and oxygen atoms in total. The Kier molecular flexibility index (Phi) is 3.97. The zero-order valence-corrected chi connectivity index (χ0v) is 10.6. The number of aliphatic hydroxyl groups excluding tert-OH is 1. The maximum Gasteiger partial charge on any atom is 0.0821 e. The number of nitrogens with zero attached hydrogens (tertiary/aromatic N) is 1. The molecule has 1 atom stereocenters. The standard InChI is InChI=1S/C15H21NO/c1-16(2)11-10-14(15(17)13-8-9-13)12-6-4-3-5-7-12/h3-7,10,13,15,17H,8-9,11H2,1-2H3.